The fraction of sp³-hybridized carbons (Fsp3) is 0.941. The molecular weight excluding hydrogens is 314 g/mol. The standard InChI is InChI=1S/C17H32BrNO/c1-12(2)10-15(11-18)19-16(20)13-6-8-14(9-7-13)17(3,4)5/h12-15H,6-11H2,1-5H3,(H,19,20). The number of nitrogens with one attached hydrogen (secondary N) is 1. The van der Waals surface area contributed by atoms with Gasteiger partial charge in [-0.15, -0.1) is 0 Å². The zero-order valence-electron chi connectivity index (χ0n) is 13.8. The van der Waals surface area contributed by atoms with Gasteiger partial charge in [-0.05, 0) is 49.4 Å². The molecule has 2 nitrogen and oxygen atoms in total. The summed E-state index contributed by atoms with van der Waals surface area (Å²) in [6.45, 7) is 11.4. The van der Waals surface area contributed by atoms with Gasteiger partial charge in [-0.3, -0.25) is 4.79 Å². The predicted octanol–water partition coefficient (Wildman–Crippen LogP) is 4.76. The van der Waals surface area contributed by atoms with Gasteiger partial charge in [0.25, 0.3) is 0 Å². The van der Waals surface area contributed by atoms with Crippen molar-refractivity contribution in [3.8, 4) is 0 Å². The minimum Gasteiger partial charge on any atom is -0.352 e. The molecule has 1 aliphatic rings. The molecule has 1 unspecified atom stereocenters. The lowest BCUT2D eigenvalue weighted by atomic mass is 9.69. The third-order valence-electron chi connectivity index (χ3n) is 4.61. The van der Waals surface area contributed by atoms with Crippen molar-refractivity contribution in [2.24, 2.45) is 23.2 Å². The third-order valence-corrected chi connectivity index (χ3v) is 5.39. The van der Waals surface area contributed by atoms with Crippen LogP contribution in [0.1, 0.15) is 66.7 Å². The molecule has 1 fully saturated rings. The van der Waals surface area contributed by atoms with E-state index >= 15 is 0 Å². The molecule has 3 heteroatoms. The Hall–Kier alpha value is -0.0500. The number of carbonyl (C=O) groups excluding carboxylic acids is 1. The number of halogens is 1. The maximum absolute atomic E-state index is 12.4. The smallest absolute Gasteiger partial charge is 0.223 e. The highest BCUT2D eigenvalue weighted by molar-refractivity contribution is 9.09. The van der Waals surface area contributed by atoms with Gasteiger partial charge in [0, 0.05) is 17.3 Å². The van der Waals surface area contributed by atoms with E-state index in [1.807, 2.05) is 0 Å². The number of hydrogen-bond acceptors (Lipinski definition) is 1. The largest absolute Gasteiger partial charge is 0.352 e. The summed E-state index contributed by atoms with van der Waals surface area (Å²) in [6.07, 6.45) is 5.57. The molecule has 1 atom stereocenters. The van der Waals surface area contributed by atoms with E-state index in [4.69, 9.17) is 0 Å². The summed E-state index contributed by atoms with van der Waals surface area (Å²) in [5.74, 6) is 1.91. The van der Waals surface area contributed by atoms with Crippen molar-refractivity contribution in [1.29, 1.82) is 0 Å². The molecule has 118 valence electrons. The molecule has 0 radical (unpaired) electrons. The maximum atomic E-state index is 12.4. The first kappa shape index (κ1) is 18.0. The summed E-state index contributed by atoms with van der Waals surface area (Å²) < 4.78 is 0. The van der Waals surface area contributed by atoms with Crippen molar-refractivity contribution >= 4 is 21.8 Å². The van der Waals surface area contributed by atoms with Gasteiger partial charge in [0.1, 0.15) is 0 Å². The van der Waals surface area contributed by atoms with Crippen molar-refractivity contribution in [1.82, 2.24) is 5.32 Å². The Bertz CT molecular complexity index is 301. The van der Waals surface area contributed by atoms with Crippen LogP contribution in [-0.2, 0) is 4.79 Å². The Balaban J connectivity index is 2.42. The van der Waals surface area contributed by atoms with Crippen molar-refractivity contribution in [2.75, 3.05) is 5.33 Å². The number of amides is 1. The minimum atomic E-state index is 0.238. The highest BCUT2D eigenvalue weighted by atomic mass is 79.9. The Morgan fingerprint density at radius 2 is 1.75 bits per heavy atom. The molecule has 1 rings (SSSR count). The van der Waals surface area contributed by atoms with Crippen molar-refractivity contribution in [3.63, 3.8) is 0 Å². The second-order valence-corrected chi connectivity index (χ2v) is 8.55. The summed E-state index contributed by atoms with van der Waals surface area (Å²) >= 11 is 3.52. The quantitative estimate of drug-likeness (QED) is 0.714. The average molecular weight is 346 g/mol. The first-order valence-corrected chi connectivity index (χ1v) is 9.22. The second-order valence-electron chi connectivity index (χ2n) is 7.90. The van der Waals surface area contributed by atoms with Gasteiger partial charge in [0.2, 0.25) is 5.91 Å². The van der Waals surface area contributed by atoms with Crippen LogP contribution in [0.4, 0.5) is 0 Å². The van der Waals surface area contributed by atoms with Crippen LogP contribution in [0, 0.1) is 23.2 Å². The van der Waals surface area contributed by atoms with E-state index in [0.717, 1.165) is 30.5 Å². The molecule has 1 saturated carbocycles. The Labute approximate surface area is 133 Å². The first-order chi connectivity index (χ1) is 9.24. The summed E-state index contributed by atoms with van der Waals surface area (Å²) in [4.78, 5) is 12.4. The van der Waals surface area contributed by atoms with Gasteiger partial charge in [-0.1, -0.05) is 50.5 Å². The molecule has 1 N–H and O–H groups in total. The van der Waals surface area contributed by atoms with Crippen LogP contribution in [-0.4, -0.2) is 17.3 Å². The van der Waals surface area contributed by atoms with Gasteiger partial charge in [-0.25, -0.2) is 0 Å². The molecule has 0 bridgehead atoms. The Kier molecular flexibility index (Phi) is 7.03. The predicted molar refractivity (Wildman–Crippen MR) is 90.1 cm³/mol. The zero-order valence-corrected chi connectivity index (χ0v) is 15.4. The van der Waals surface area contributed by atoms with Gasteiger partial charge < -0.3 is 5.32 Å². The van der Waals surface area contributed by atoms with Crippen LogP contribution in [0.15, 0.2) is 0 Å². The molecular formula is C17H32BrNO. The summed E-state index contributed by atoms with van der Waals surface area (Å²) in [5.41, 5.74) is 0.386. The molecule has 0 aromatic rings. The maximum Gasteiger partial charge on any atom is 0.223 e. The lowest BCUT2D eigenvalue weighted by molar-refractivity contribution is -0.127. The highest BCUT2D eigenvalue weighted by Gasteiger charge is 2.32. The van der Waals surface area contributed by atoms with Crippen LogP contribution in [0.25, 0.3) is 0 Å². The molecule has 0 heterocycles. The summed E-state index contributed by atoms with van der Waals surface area (Å²) in [5, 5.41) is 4.09. The number of hydrogen-bond donors (Lipinski definition) is 1. The lowest BCUT2D eigenvalue weighted by Crippen LogP contribution is -2.42. The van der Waals surface area contributed by atoms with E-state index in [2.05, 4.69) is 55.9 Å². The van der Waals surface area contributed by atoms with Crippen molar-refractivity contribution in [2.45, 2.75) is 72.8 Å². The van der Waals surface area contributed by atoms with E-state index in [0.29, 0.717) is 11.3 Å². The van der Waals surface area contributed by atoms with Gasteiger partial charge >= 0.3 is 0 Å². The van der Waals surface area contributed by atoms with E-state index in [1.165, 1.54) is 12.8 Å². The molecule has 20 heavy (non-hydrogen) atoms. The highest BCUT2D eigenvalue weighted by Crippen LogP contribution is 2.39. The molecule has 0 aromatic heterocycles. The summed E-state index contributed by atoms with van der Waals surface area (Å²) in [7, 11) is 0. The average Bonchev–Trinajstić information content (AvgIpc) is 2.36. The van der Waals surface area contributed by atoms with Crippen LogP contribution in [0.5, 0.6) is 0 Å². The lowest BCUT2D eigenvalue weighted by Gasteiger charge is -2.36. The van der Waals surface area contributed by atoms with Crippen LogP contribution in [0.2, 0.25) is 0 Å². The number of alkyl halides is 1. The van der Waals surface area contributed by atoms with Crippen LogP contribution >= 0.6 is 15.9 Å². The van der Waals surface area contributed by atoms with Crippen LogP contribution < -0.4 is 5.32 Å². The monoisotopic (exact) mass is 345 g/mol. The molecule has 0 aliphatic heterocycles. The second kappa shape index (κ2) is 7.82. The van der Waals surface area contributed by atoms with Crippen molar-refractivity contribution in [3.05, 3.63) is 0 Å². The van der Waals surface area contributed by atoms with Gasteiger partial charge in [0.15, 0.2) is 0 Å². The van der Waals surface area contributed by atoms with E-state index in [-0.39, 0.29) is 17.9 Å². The topological polar surface area (TPSA) is 29.1 Å². The Morgan fingerprint density at radius 3 is 2.15 bits per heavy atom. The SMILES string of the molecule is CC(C)CC(CBr)NC(=O)C1CCC(C(C)(C)C)CC1. The zero-order chi connectivity index (χ0) is 15.3. The van der Waals surface area contributed by atoms with E-state index in [9.17, 15) is 4.79 Å². The van der Waals surface area contributed by atoms with E-state index in [1.54, 1.807) is 0 Å². The Morgan fingerprint density at radius 1 is 1.20 bits per heavy atom. The van der Waals surface area contributed by atoms with Gasteiger partial charge in [-0.2, -0.15) is 0 Å². The van der Waals surface area contributed by atoms with Crippen LogP contribution in [0.3, 0.4) is 0 Å². The van der Waals surface area contributed by atoms with Gasteiger partial charge in [0.05, 0.1) is 0 Å². The van der Waals surface area contributed by atoms with E-state index < -0.39 is 0 Å². The minimum absolute atomic E-state index is 0.238. The number of carbonyl (C=O) groups is 1. The molecule has 0 saturated heterocycles. The molecule has 1 aliphatic carbocycles. The molecule has 0 spiro atoms. The fourth-order valence-corrected chi connectivity index (χ4v) is 3.70. The third kappa shape index (κ3) is 5.75. The normalized spacial score (nSPS) is 25.6. The first-order valence-electron chi connectivity index (χ1n) is 8.10. The number of rotatable bonds is 5. The molecule has 0 aromatic carbocycles. The molecule has 1 amide bonds. The fourth-order valence-electron chi connectivity index (χ4n) is 3.27. The summed E-state index contributed by atoms with van der Waals surface area (Å²) in [6, 6.07) is 0.280. The van der Waals surface area contributed by atoms with Crippen molar-refractivity contribution < 1.29 is 4.79 Å².